The first-order valence-corrected chi connectivity index (χ1v) is 10.1. The molecule has 5 nitrogen and oxygen atoms in total. The molecule has 3 aromatic rings. The summed E-state index contributed by atoms with van der Waals surface area (Å²) in [4.78, 5) is 15.1. The summed E-state index contributed by atoms with van der Waals surface area (Å²) in [6.07, 6.45) is 1.83. The van der Waals surface area contributed by atoms with Crippen LogP contribution in [0.2, 0.25) is 0 Å². The van der Waals surface area contributed by atoms with E-state index in [1.807, 2.05) is 4.90 Å². The maximum absolute atomic E-state index is 13.2. The third-order valence-electron chi connectivity index (χ3n) is 6.25. The molecule has 5 rings (SSSR count). The number of nitrogens with zero attached hydrogens (tertiary/aromatic N) is 2. The molecule has 1 fully saturated rings. The van der Waals surface area contributed by atoms with E-state index >= 15 is 0 Å². The van der Waals surface area contributed by atoms with Gasteiger partial charge in [-0.3, -0.25) is 4.79 Å². The van der Waals surface area contributed by atoms with E-state index in [1.165, 1.54) is 22.3 Å². The SMILES string of the molecule is Cc1ccc(-c2ccc3c(c2)C2(CCOCC2)CN3C(=O)c2cc(C)on2)cc1. The molecule has 0 atom stereocenters. The molecule has 5 heteroatoms. The highest BCUT2D eigenvalue weighted by Crippen LogP contribution is 2.48. The number of fused-ring (bicyclic) bond motifs is 2. The summed E-state index contributed by atoms with van der Waals surface area (Å²) < 4.78 is 10.8. The second kappa shape index (κ2) is 6.85. The third kappa shape index (κ3) is 3.06. The minimum Gasteiger partial charge on any atom is -0.381 e. The number of anilines is 1. The zero-order valence-corrected chi connectivity index (χ0v) is 16.8. The van der Waals surface area contributed by atoms with Crippen LogP contribution in [0.5, 0.6) is 0 Å². The Labute approximate surface area is 170 Å². The molecule has 3 heterocycles. The normalized spacial score (nSPS) is 17.5. The van der Waals surface area contributed by atoms with Gasteiger partial charge in [-0.05, 0) is 55.5 Å². The van der Waals surface area contributed by atoms with Crippen LogP contribution in [0, 0.1) is 13.8 Å². The van der Waals surface area contributed by atoms with Gasteiger partial charge in [-0.1, -0.05) is 41.1 Å². The summed E-state index contributed by atoms with van der Waals surface area (Å²) in [6, 6.07) is 16.7. The molecule has 1 amide bonds. The molecule has 148 valence electrons. The Morgan fingerprint density at radius 2 is 1.72 bits per heavy atom. The summed E-state index contributed by atoms with van der Waals surface area (Å²) in [6.45, 7) is 6.00. The first-order valence-electron chi connectivity index (χ1n) is 10.1. The van der Waals surface area contributed by atoms with Crippen LogP contribution in [0.15, 0.2) is 53.1 Å². The monoisotopic (exact) mass is 388 g/mol. The largest absolute Gasteiger partial charge is 0.381 e. The Morgan fingerprint density at radius 1 is 1.00 bits per heavy atom. The number of benzene rings is 2. The number of amides is 1. The fourth-order valence-electron chi connectivity index (χ4n) is 4.57. The second-order valence-corrected chi connectivity index (χ2v) is 8.20. The summed E-state index contributed by atoms with van der Waals surface area (Å²) in [5.74, 6) is 0.540. The van der Waals surface area contributed by atoms with Gasteiger partial charge in [0.15, 0.2) is 5.69 Å². The van der Waals surface area contributed by atoms with Gasteiger partial charge < -0.3 is 14.2 Å². The van der Waals surface area contributed by atoms with Crippen molar-refractivity contribution in [1.29, 1.82) is 0 Å². The van der Waals surface area contributed by atoms with E-state index in [2.05, 4.69) is 54.5 Å². The van der Waals surface area contributed by atoms with Gasteiger partial charge in [0, 0.05) is 36.9 Å². The molecular weight excluding hydrogens is 364 g/mol. The van der Waals surface area contributed by atoms with Gasteiger partial charge in [0.05, 0.1) is 0 Å². The van der Waals surface area contributed by atoms with Crippen molar-refractivity contribution in [2.75, 3.05) is 24.7 Å². The summed E-state index contributed by atoms with van der Waals surface area (Å²) in [7, 11) is 0. The molecule has 2 aliphatic heterocycles. The third-order valence-corrected chi connectivity index (χ3v) is 6.25. The van der Waals surface area contributed by atoms with E-state index in [0.717, 1.165) is 31.7 Å². The zero-order valence-electron chi connectivity index (χ0n) is 16.8. The van der Waals surface area contributed by atoms with Crippen molar-refractivity contribution in [2.24, 2.45) is 0 Å². The fraction of sp³-hybridized carbons (Fsp3) is 0.333. The maximum atomic E-state index is 13.2. The van der Waals surface area contributed by atoms with E-state index < -0.39 is 0 Å². The van der Waals surface area contributed by atoms with Crippen molar-refractivity contribution in [2.45, 2.75) is 32.1 Å². The number of rotatable bonds is 2. The first-order chi connectivity index (χ1) is 14.1. The van der Waals surface area contributed by atoms with Crippen LogP contribution in [0.4, 0.5) is 5.69 Å². The van der Waals surface area contributed by atoms with Gasteiger partial charge in [-0.25, -0.2) is 0 Å². The van der Waals surface area contributed by atoms with Crippen molar-refractivity contribution in [3.05, 3.63) is 71.1 Å². The molecule has 0 radical (unpaired) electrons. The molecule has 0 aliphatic carbocycles. The zero-order chi connectivity index (χ0) is 20.0. The number of carbonyl (C=O) groups is 1. The number of ether oxygens (including phenoxy) is 1. The highest BCUT2D eigenvalue weighted by atomic mass is 16.5. The second-order valence-electron chi connectivity index (χ2n) is 8.20. The molecule has 1 spiro atoms. The van der Waals surface area contributed by atoms with Gasteiger partial charge in [0.1, 0.15) is 5.76 Å². The molecule has 1 saturated heterocycles. The van der Waals surface area contributed by atoms with Gasteiger partial charge in [0.2, 0.25) is 0 Å². The molecule has 0 unspecified atom stereocenters. The Kier molecular flexibility index (Phi) is 4.28. The average molecular weight is 388 g/mol. The van der Waals surface area contributed by atoms with Crippen LogP contribution >= 0.6 is 0 Å². The Hall–Kier alpha value is -2.92. The van der Waals surface area contributed by atoms with Gasteiger partial charge >= 0.3 is 0 Å². The van der Waals surface area contributed by atoms with Crippen LogP contribution < -0.4 is 4.90 Å². The quantitative estimate of drug-likeness (QED) is 0.640. The Morgan fingerprint density at radius 3 is 2.41 bits per heavy atom. The summed E-state index contributed by atoms with van der Waals surface area (Å²) in [5, 5.41) is 3.95. The van der Waals surface area contributed by atoms with Crippen molar-refractivity contribution in [3.63, 3.8) is 0 Å². The van der Waals surface area contributed by atoms with E-state index in [-0.39, 0.29) is 11.3 Å². The van der Waals surface area contributed by atoms with Crippen molar-refractivity contribution in [3.8, 4) is 11.1 Å². The average Bonchev–Trinajstić information content (AvgIpc) is 3.31. The molecule has 29 heavy (non-hydrogen) atoms. The Balaban J connectivity index is 1.59. The van der Waals surface area contributed by atoms with Gasteiger partial charge in [-0.2, -0.15) is 0 Å². The summed E-state index contributed by atoms with van der Waals surface area (Å²) >= 11 is 0. The van der Waals surface area contributed by atoms with Gasteiger partial charge in [0.25, 0.3) is 5.91 Å². The van der Waals surface area contributed by atoms with E-state index in [4.69, 9.17) is 9.26 Å². The summed E-state index contributed by atoms with van der Waals surface area (Å²) in [5.41, 5.74) is 6.14. The Bertz CT molecular complexity index is 1060. The van der Waals surface area contributed by atoms with Crippen LogP contribution in [0.1, 0.15) is 40.2 Å². The number of aromatic nitrogens is 1. The number of carbonyl (C=O) groups excluding carboxylic acids is 1. The predicted octanol–water partition coefficient (Wildman–Crippen LogP) is 4.67. The lowest BCUT2D eigenvalue weighted by Gasteiger charge is -2.34. The predicted molar refractivity (Wildman–Crippen MR) is 111 cm³/mol. The number of hydrogen-bond donors (Lipinski definition) is 0. The highest BCUT2D eigenvalue weighted by molar-refractivity contribution is 6.06. The molecule has 0 N–H and O–H groups in total. The molecule has 0 bridgehead atoms. The van der Waals surface area contributed by atoms with Crippen LogP contribution in [-0.4, -0.2) is 30.8 Å². The van der Waals surface area contributed by atoms with E-state index in [0.29, 0.717) is 18.0 Å². The van der Waals surface area contributed by atoms with Crippen molar-refractivity contribution in [1.82, 2.24) is 5.16 Å². The molecule has 1 aromatic heterocycles. The van der Waals surface area contributed by atoms with Gasteiger partial charge in [-0.15, -0.1) is 0 Å². The maximum Gasteiger partial charge on any atom is 0.280 e. The minimum atomic E-state index is -0.102. The molecule has 2 aliphatic rings. The van der Waals surface area contributed by atoms with Crippen molar-refractivity contribution < 1.29 is 14.1 Å². The highest BCUT2D eigenvalue weighted by Gasteiger charge is 2.46. The first kappa shape index (κ1) is 18.1. The lowest BCUT2D eigenvalue weighted by molar-refractivity contribution is 0.0546. The van der Waals surface area contributed by atoms with E-state index in [1.54, 1.807) is 13.0 Å². The molecular formula is C24H24N2O3. The minimum absolute atomic E-state index is 0.0667. The standard InChI is InChI=1S/C24H24N2O3/c1-16-3-5-18(6-4-16)19-7-8-22-20(14-19)24(9-11-28-12-10-24)15-26(22)23(27)21-13-17(2)29-25-21/h3-8,13-14H,9-12,15H2,1-2H3. The topological polar surface area (TPSA) is 55.6 Å². The van der Waals surface area contributed by atoms with Crippen LogP contribution in [0.3, 0.4) is 0 Å². The lowest BCUT2D eigenvalue weighted by atomic mass is 9.75. The lowest BCUT2D eigenvalue weighted by Crippen LogP contribution is -2.40. The molecule has 2 aromatic carbocycles. The van der Waals surface area contributed by atoms with E-state index in [9.17, 15) is 4.79 Å². The number of aryl methyl sites for hydroxylation is 2. The molecule has 0 saturated carbocycles. The number of hydrogen-bond acceptors (Lipinski definition) is 4. The van der Waals surface area contributed by atoms with Crippen LogP contribution in [0.25, 0.3) is 11.1 Å². The smallest absolute Gasteiger partial charge is 0.280 e. The fourth-order valence-corrected chi connectivity index (χ4v) is 4.57. The van der Waals surface area contributed by atoms with Crippen molar-refractivity contribution >= 4 is 11.6 Å². The van der Waals surface area contributed by atoms with Crippen LogP contribution in [-0.2, 0) is 10.2 Å².